The van der Waals surface area contributed by atoms with Crippen molar-refractivity contribution in [1.82, 2.24) is 4.98 Å². The van der Waals surface area contributed by atoms with Crippen molar-refractivity contribution in [3.8, 4) is 5.75 Å². The van der Waals surface area contributed by atoms with Crippen LogP contribution in [0.5, 0.6) is 5.75 Å². The van der Waals surface area contributed by atoms with Crippen LogP contribution in [0.3, 0.4) is 0 Å². The first-order chi connectivity index (χ1) is 9.59. The molecule has 2 aromatic rings. The SMILES string of the molecule is CC(c1ccccn1)C(Br)c1ccccc1OC(F)F. The molecule has 0 aliphatic carbocycles. The largest absolute Gasteiger partial charge is 0.435 e. The number of pyridine rings is 1. The lowest BCUT2D eigenvalue weighted by Crippen LogP contribution is -2.09. The van der Waals surface area contributed by atoms with Crippen LogP contribution in [0.25, 0.3) is 0 Å². The van der Waals surface area contributed by atoms with Crippen molar-refractivity contribution < 1.29 is 13.5 Å². The number of hydrogen-bond acceptors (Lipinski definition) is 2. The quantitative estimate of drug-likeness (QED) is 0.720. The van der Waals surface area contributed by atoms with Gasteiger partial charge >= 0.3 is 6.61 Å². The molecule has 2 atom stereocenters. The number of alkyl halides is 3. The predicted octanol–water partition coefficient (Wildman–Crippen LogP) is 4.92. The van der Waals surface area contributed by atoms with E-state index in [2.05, 4.69) is 25.7 Å². The predicted molar refractivity (Wildman–Crippen MR) is 77.4 cm³/mol. The molecule has 5 heteroatoms. The fourth-order valence-electron chi connectivity index (χ4n) is 1.98. The summed E-state index contributed by atoms with van der Waals surface area (Å²) in [7, 11) is 0. The Kier molecular flexibility index (Phi) is 5.06. The highest BCUT2D eigenvalue weighted by Gasteiger charge is 2.23. The maximum Gasteiger partial charge on any atom is 0.387 e. The van der Waals surface area contributed by atoms with E-state index in [0.29, 0.717) is 5.56 Å². The topological polar surface area (TPSA) is 22.1 Å². The van der Waals surface area contributed by atoms with Crippen LogP contribution in [0, 0.1) is 0 Å². The molecule has 20 heavy (non-hydrogen) atoms. The van der Waals surface area contributed by atoms with Crippen molar-refractivity contribution in [2.45, 2.75) is 24.3 Å². The lowest BCUT2D eigenvalue weighted by atomic mass is 9.97. The lowest BCUT2D eigenvalue weighted by Gasteiger charge is -2.20. The number of benzene rings is 1. The van der Waals surface area contributed by atoms with Gasteiger partial charge in [-0.15, -0.1) is 0 Å². The number of aromatic nitrogens is 1. The second kappa shape index (κ2) is 6.79. The molecule has 0 amide bonds. The number of halogens is 3. The van der Waals surface area contributed by atoms with Gasteiger partial charge in [0, 0.05) is 23.4 Å². The molecule has 0 N–H and O–H groups in total. The highest BCUT2D eigenvalue weighted by atomic mass is 79.9. The zero-order valence-electron chi connectivity index (χ0n) is 10.8. The maximum absolute atomic E-state index is 12.4. The minimum atomic E-state index is -2.83. The minimum absolute atomic E-state index is 0.0265. The van der Waals surface area contributed by atoms with Gasteiger partial charge in [-0.3, -0.25) is 4.98 Å². The van der Waals surface area contributed by atoms with Gasteiger partial charge < -0.3 is 4.74 Å². The van der Waals surface area contributed by atoms with E-state index >= 15 is 0 Å². The van der Waals surface area contributed by atoms with E-state index in [-0.39, 0.29) is 16.5 Å². The molecule has 0 bridgehead atoms. The van der Waals surface area contributed by atoms with Crippen LogP contribution in [0.4, 0.5) is 8.78 Å². The highest BCUT2D eigenvalue weighted by Crippen LogP contribution is 2.41. The summed E-state index contributed by atoms with van der Waals surface area (Å²) in [6, 6.07) is 12.4. The van der Waals surface area contributed by atoms with Gasteiger partial charge in [0.1, 0.15) is 5.75 Å². The van der Waals surface area contributed by atoms with E-state index in [1.165, 1.54) is 0 Å². The standard InChI is InChI=1S/C15H14BrF2NO/c1-10(12-7-4-5-9-19-12)14(16)11-6-2-3-8-13(11)20-15(17)18/h2-10,14-15H,1H3. The van der Waals surface area contributed by atoms with E-state index in [0.717, 1.165) is 5.69 Å². The third-order valence-electron chi connectivity index (χ3n) is 3.03. The van der Waals surface area contributed by atoms with Gasteiger partial charge in [0.15, 0.2) is 0 Å². The molecule has 0 spiro atoms. The summed E-state index contributed by atoms with van der Waals surface area (Å²) in [5.41, 5.74) is 1.58. The average molecular weight is 342 g/mol. The summed E-state index contributed by atoms with van der Waals surface area (Å²) in [5, 5.41) is 0. The van der Waals surface area contributed by atoms with Crippen molar-refractivity contribution in [3.63, 3.8) is 0 Å². The van der Waals surface area contributed by atoms with Crippen molar-refractivity contribution >= 4 is 15.9 Å². The Hall–Kier alpha value is -1.49. The summed E-state index contributed by atoms with van der Waals surface area (Å²) >= 11 is 3.56. The molecule has 0 fully saturated rings. The Labute approximate surface area is 124 Å². The smallest absolute Gasteiger partial charge is 0.387 e. The van der Waals surface area contributed by atoms with E-state index < -0.39 is 6.61 Å². The highest BCUT2D eigenvalue weighted by molar-refractivity contribution is 9.09. The lowest BCUT2D eigenvalue weighted by molar-refractivity contribution is -0.0504. The van der Waals surface area contributed by atoms with Crippen LogP contribution >= 0.6 is 15.9 Å². The summed E-state index contributed by atoms with van der Waals surface area (Å²) in [4.78, 5) is 4.14. The first-order valence-electron chi connectivity index (χ1n) is 6.18. The van der Waals surface area contributed by atoms with Gasteiger partial charge in [-0.1, -0.05) is 47.1 Å². The Morgan fingerprint density at radius 1 is 1.10 bits per heavy atom. The fourth-order valence-corrected chi connectivity index (χ4v) is 2.63. The molecule has 0 radical (unpaired) electrons. The van der Waals surface area contributed by atoms with Crippen molar-refractivity contribution in [2.24, 2.45) is 0 Å². The molecule has 0 saturated heterocycles. The average Bonchev–Trinajstić information content (AvgIpc) is 2.46. The van der Waals surface area contributed by atoms with Crippen LogP contribution in [-0.2, 0) is 0 Å². The van der Waals surface area contributed by atoms with Gasteiger partial charge in [-0.2, -0.15) is 8.78 Å². The Morgan fingerprint density at radius 2 is 1.80 bits per heavy atom. The third kappa shape index (κ3) is 3.54. The summed E-state index contributed by atoms with van der Waals surface area (Å²) in [5.74, 6) is 0.214. The molecular formula is C15H14BrF2NO. The molecule has 1 heterocycles. The summed E-state index contributed by atoms with van der Waals surface area (Å²) < 4.78 is 29.4. The second-order valence-electron chi connectivity index (χ2n) is 4.36. The van der Waals surface area contributed by atoms with Crippen molar-refractivity contribution in [2.75, 3.05) is 0 Å². The number of nitrogens with zero attached hydrogens (tertiary/aromatic N) is 1. The fraction of sp³-hybridized carbons (Fsp3) is 0.267. The number of para-hydroxylation sites is 1. The molecule has 106 valence electrons. The first-order valence-corrected chi connectivity index (χ1v) is 7.10. The van der Waals surface area contributed by atoms with E-state index in [1.54, 1.807) is 30.5 Å². The van der Waals surface area contributed by atoms with Crippen LogP contribution < -0.4 is 4.74 Å². The number of rotatable bonds is 5. The molecule has 0 saturated carbocycles. The minimum Gasteiger partial charge on any atom is -0.435 e. The van der Waals surface area contributed by atoms with Gasteiger partial charge in [-0.05, 0) is 18.2 Å². The zero-order valence-corrected chi connectivity index (χ0v) is 12.4. The Balaban J connectivity index is 2.27. The number of hydrogen-bond donors (Lipinski definition) is 0. The maximum atomic E-state index is 12.4. The second-order valence-corrected chi connectivity index (χ2v) is 5.35. The molecule has 1 aromatic heterocycles. The molecular weight excluding hydrogens is 328 g/mol. The zero-order chi connectivity index (χ0) is 14.5. The van der Waals surface area contributed by atoms with Crippen LogP contribution in [0.1, 0.15) is 28.9 Å². The van der Waals surface area contributed by atoms with Gasteiger partial charge in [-0.25, -0.2) is 0 Å². The van der Waals surface area contributed by atoms with Gasteiger partial charge in [0.25, 0.3) is 0 Å². The molecule has 0 aliphatic rings. The molecule has 2 unspecified atom stereocenters. The molecule has 2 rings (SSSR count). The van der Waals surface area contributed by atoms with E-state index in [9.17, 15) is 8.78 Å². The summed E-state index contributed by atoms with van der Waals surface area (Å²) in [6.07, 6.45) is 1.72. The monoisotopic (exact) mass is 341 g/mol. The molecule has 1 aromatic carbocycles. The Morgan fingerprint density at radius 3 is 2.45 bits per heavy atom. The Bertz CT molecular complexity index is 551. The van der Waals surface area contributed by atoms with E-state index in [1.807, 2.05) is 25.1 Å². The van der Waals surface area contributed by atoms with Crippen LogP contribution in [-0.4, -0.2) is 11.6 Å². The molecule has 0 aliphatic heterocycles. The van der Waals surface area contributed by atoms with Crippen molar-refractivity contribution in [1.29, 1.82) is 0 Å². The first kappa shape index (κ1) is 14.9. The molecule has 2 nitrogen and oxygen atoms in total. The van der Waals surface area contributed by atoms with Crippen LogP contribution in [0.2, 0.25) is 0 Å². The van der Waals surface area contributed by atoms with Crippen molar-refractivity contribution in [3.05, 3.63) is 59.9 Å². The van der Waals surface area contributed by atoms with Gasteiger partial charge in [0.2, 0.25) is 0 Å². The normalized spacial score (nSPS) is 14.1. The van der Waals surface area contributed by atoms with E-state index in [4.69, 9.17) is 0 Å². The number of ether oxygens (including phenoxy) is 1. The third-order valence-corrected chi connectivity index (χ3v) is 4.31. The summed E-state index contributed by atoms with van der Waals surface area (Å²) in [6.45, 7) is -0.845. The van der Waals surface area contributed by atoms with Gasteiger partial charge in [0.05, 0.1) is 4.83 Å². The van der Waals surface area contributed by atoms with Crippen LogP contribution in [0.15, 0.2) is 48.7 Å².